The van der Waals surface area contributed by atoms with Crippen molar-refractivity contribution in [3.8, 4) is 5.75 Å². The van der Waals surface area contributed by atoms with Gasteiger partial charge in [-0.2, -0.15) is 8.78 Å². The van der Waals surface area contributed by atoms with E-state index in [1.165, 1.54) is 12.1 Å². The fraction of sp³-hybridized carbons (Fsp3) is 0.581. The molecule has 4 rings (SSSR count). The van der Waals surface area contributed by atoms with E-state index < -0.39 is 47.0 Å². The third-order valence-electron chi connectivity index (χ3n) is 8.44. The summed E-state index contributed by atoms with van der Waals surface area (Å²) in [7, 11) is 0. The van der Waals surface area contributed by atoms with Gasteiger partial charge in [0.15, 0.2) is 17.5 Å². The Balaban J connectivity index is 1.22. The molecule has 9 heteroatoms. The molecule has 0 bridgehead atoms. The van der Waals surface area contributed by atoms with Crippen LogP contribution in [0.15, 0.2) is 30.3 Å². The summed E-state index contributed by atoms with van der Waals surface area (Å²) in [6, 6.07) is 5.51. The predicted molar refractivity (Wildman–Crippen MR) is 138 cm³/mol. The number of aryl methyl sites for hydroxylation is 1. The molecule has 0 aliphatic heterocycles. The molecule has 2 fully saturated rings. The van der Waals surface area contributed by atoms with Gasteiger partial charge in [0.2, 0.25) is 0 Å². The van der Waals surface area contributed by atoms with Crippen LogP contribution in [0.4, 0.5) is 26.3 Å². The van der Waals surface area contributed by atoms with Crippen LogP contribution < -0.4 is 4.74 Å². The number of hydrogen-bond donors (Lipinski definition) is 0. The third kappa shape index (κ3) is 7.52. The van der Waals surface area contributed by atoms with Gasteiger partial charge in [-0.1, -0.05) is 25.8 Å². The highest BCUT2D eigenvalue weighted by Crippen LogP contribution is 2.45. The number of benzene rings is 2. The molecule has 0 unspecified atom stereocenters. The topological polar surface area (TPSA) is 35.5 Å². The van der Waals surface area contributed by atoms with Crippen LogP contribution in [-0.4, -0.2) is 18.2 Å². The molecule has 0 heterocycles. The summed E-state index contributed by atoms with van der Waals surface area (Å²) in [4.78, 5) is 12.6. The van der Waals surface area contributed by atoms with Crippen molar-refractivity contribution in [3.63, 3.8) is 0 Å². The SMILES string of the molecule is CCCCCc1ccc(C(=O)OC2CCC(C3CCC(C(F)(F)Oc4cc(F)c(F)c(F)c4)CC3)CC2)c(F)c1. The first-order valence-electron chi connectivity index (χ1n) is 14.3. The van der Waals surface area contributed by atoms with Gasteiger partial charge < -0.3 is 9.47 Å². The number of ether oxygens (including phenoxy) is 2. The van der Waals surface area contributed by atoms with Crippen molar-refractivity contribution in [2.45, 2.75) is 96.2 Å². The number of alkyl halides is 2. The Kier molecular flexibility index (Phi) is 10.1. The number of rotatable bonds is 10. The Labute approximate surface area is 231 Å². The molecule has 0 N–H and O–H groups in total. The molecule has 2 aromatic carbocycles. The normalized spacial score (nSPS) is 23.6. The molecule has 0 spiro atoms. The van der Waals surface area contributed by atoms with Crippen LogP contribution in [0.1, 0.15) is 93.5 Å². The number of carbonyl (C=O) groups excluding carboxylic acids is 1. The lowest BCUT2D eigenvalue weighted by molar-refractivity contribution is -0.224. The molecular formula is C31H36F6O3. The molecule has 2 aliphatic rings. The average molecular weight is 571 g/mol. The maximum atomic E-state index is 14.7. The minimum absolute atomic E-state index is 0.0612. The minimum Gasteiger partial charge on any atom is -0.459 e. The second-order valence-corrected chi connectivity index (χ2v) is 11.2. The zero-order chi connectivity index (χ0) is 28.9. The molecule has 2 aromatic rings. The van der Waals surface area contributed by atoms with Gasteiger partial charge in [-0.15, -0.1) is 0 Å². The van der Waals surface area contributed by atoms with Gasteiger partial charge in [0.1, 0.15) is 17.7 Å². The monoisotopic (exact) mass is 570 g/mol. The number of carbonyl (C=O) groups is 1. The van der Waals surface area contributed by atoms with Crippen molar-refractivity contribution in [2.75, 3.05) is 0 Å². The van der Waals surface area contributed by atoms with E-state index >= 15 is 0 Å². The van der Waals surface area contributed by atoms with Gasteiger partial charge in [0.25, 0.3) is 0 Å². The molecule has 40 heavy (non-hydrogen) atoms. The lowest BCUT2D eigenvalue weighted by Gasteiger charge is -2.39. The summed E-state index contributed by atoms with van der Waals surface area (Å²) in [6.07, 6.45) is 4.26. The van der Waals surface area contributed by atoms with Crippen molar-refractivity contribution >= 4 is 5.97 Å². The maximum Gasteiger partial charge on any atom is 0.400 e. The highest BCUT2D eigenvalue weighted by Gasteiger charge is 2.45. The molecule has 0 saturated heterocycles. The first-order valence-corrected chi connectivity index (χ1v) is 14.3. The van der Waals surface area contributed by atoms with E-state index in [1.807, 2.05) is 0 Å². The fourth-order valence-corrected chi connectivity index (χ4v) is 6.11. The summed E-state index contributed by atoms with van der Waals surface area (Å²) >= 11 is 0. The van der Waals surface area contributed by atoms with E-state index in [2.05, 4.69) is 11.7 Å². The Morgan fingerprint density at radius 1 is 0.825 bits per heavy atom. The molecule has 3 nitrogen and oxygen atoms in total. The Hall–Kier alpha value is -2.71. The maximum absolute atomic E-state index is 14.7. The lowest BCUT2D eigenvalue weighted by atomic mass is 9.70. The molecule has 2 aliphatic carbocycles. The largest absolute Gasteiger partial charge is 0.459 e. The van der Waals surface area contributed by atoms with Crippen LogP contribution >= 0.6 is 0 Å². The van der Waals surface area contributed by atoms with Crippen LogP contribution in [0.5, 0.6) is 5.75 Å². The Morgan fingerprint density at radius 2 is 1.43 bits per heavy atom. The standard InChI is InChI=1S/C31H36F6O3/c1-2-3-4-5-19-6-15-25(26(32)16-19)30(38)39-23-13-9-21(10-14-23)20-7-11-22(12-8-20)31(36,37)40-24-17-27(33)29(35)28(34)18-24/h6,15-18,20-23H,2-5,7-14H2,1H3. The summed E-state index contributed by atoms with van der Waals surface area (Å²) in [5, 5.41) is 0. The van der Waals surface area contributed by atoms with Crippen LogP contribution in [0, 0.1) is 41.0 Å². The Morgan fingerprint density at radius 3 is 2.00 bits per heavy atom. The highest BCUT2D eigenvalue weighted by atomic mass is 19.3. The fourth-order valence-electron chi connectivity index (χ4n) is 6.11. The summed E-state index contributed by atoms with van der Waals surface area (Å²) < 4.78 is 94.1. The molecule has 0 aromatic heterocycles. The Bertz CT molecular complexity index is 1130. The van der Waals surface area contributed by atoms with E-state index in [0.29, 0.717) is 43.7 Å². The zero-order valence-corrected chi connectivity index (χ0v) is 22.7. The lowest BCUT2D eigenvalue weighted by Crippen LogP contribution is -2.38. The molecule has 2 saturated carbocycles. The number of hydrogen-bond acceptors (Lipinski definition) is 3. The predicted octanol–water partition coefficient (Wildman–Crippen LogP) is 9.17. The second-order valence-electron chi connectivity index (χ2n) is 11.2. The van der Waals surface area contributed by atoms with E-state index in [4.69, 9.17) is 4.74 Å². The number of esters is 1. The first-order chi connectivity index (χ1) is 19.1. The van der Waals surface area contributed by atoms with Crippen LogP contribution in [0.25, 0.3) is 0 Å². The van der Waals surface area contributed by atoms with Crippen LogP contribution in [0.3, 0.4) is 0 Å². The molecule has 0 amide bonds. The molecule has 0 radical (unpaired) electrons. The van der Waals surface area contributed by atoms with Gasteiger partial charge in [0, 0.05) is 12.1 Å². The van der Waals surface area contributed by atoms with E-state index in [-0.39, 0.29) is 30.4 Å². The summed E-state index contributed by atoms with van der Waals surface area (Å²) in [6.45, 7) is 2.10. The van der Waals surface area contributed by atoms with Crippen molar-refractivity contribution in [1.29, 1.82) is 0 Å². The van der Waals surface area contributed by atoms with Gasteiger partial charge >= 0.3 is 12.1 Å². The second kappa shape index (κ2) is 13.3. The van der Waals surface area contributed by atoms with Gasteiger partial charge in [-0.05, 0) is 93.7 Å². The number of halogens is 6. The van der Waals surface area contributed by atoms with Crippen molar-refractivity contribution in [3.05, 3.63) is 64.7 Å². The van der Waals surface area contributed by atoms with Gasteiger partial charge in [0.05, 0.1) is 11.5 Å². The molecule has 220 valence electrons. The highest BCUT2D eigenvalue weighted by molar-refractivity contribution is 5.89. The zero-order valence-electron chi connectivity index (χ0n) is 22.7. The molecular weight excluding hydrogens is 534 g/mol. The van der Waals surface area contributed by atoms with Crippen LogP contribution in [-0.2, 0) is 11.2 Å². The molecule has 0 atom stereocenters. The van der Waals surface area contributed by atoms with Crippen LogP contribution in [0.2, 0.25) is 0 Å². The van der Waals surface area contributed by atoms with E-state index in [1.54, 1.807) is 6.07 Å². The smallest absolute Gasteiger partial charge is 0.400 e. The average Bonchev–Trinajstić information content (AvgIpc) is 2.92. The first kappa shape index (κ1) is 30.3. The summed E-state index contributed by atoms with van der Waals surface area (Å²) in [5.41, 5.74) is 0.800. The van der Waals surface area contributed by atoms with Crippen molar-refractivity contribution in [2.24, 2.45) is 17.8 Å². The van der Waals surface area contributed by atoms with Crippen molar-refractivity contribution < 1.29 is 40.6 Å². The van der Waals surface area contributed by atoms with Gasteiger partial charge in [-0.25, -0.2) is 22.4 Å². The van der Waals surface area contributed by atoms with E-state index in [0.717, 1.165) is 44.1 Å². The minimum atomic E-state index is -3.64. The summed E-state index contributed by atoms with van der Waals surface area (Å²) in [5.74, 6) is -7.46. The van der Waals surface area contributed by atoms with Gasteiger partial charge in [-0.3, -0.25) is 0 Å². The quantitative estimate of drug-likeness (QED) is 0.124. The van der Waals surface area contributed by atoms with Crippen molar-refractivity contribution in [1.82, 2.24) is 0 Å². The number of unbranched alkanes of at least 4 members (excludes halogenated alkanes) is 2. The van der Waals surface area contributed by atoms with E-state index in [9.17, 15) is 31.1 Å². The third-order valence-corrected chi connectivity index (χ3v) is 8.44.